The number of nitrogens with one attached hydrogen (secondary N) is 2. The highest BCUT2D eigenvalue weighted by Crippen LogP contribution is 2.18. The lowest BCUT2D eigenvalue weighted by molar-refractivity contribution is -0.895. The van der Waals surface area contributed by atoms with Gasteiger partial charge in [0.25, 0.3) is 5.91 Å². The number of hydrogen-bond donors (Lipinski definition) is 2. The molecule has 9 heteroatoms. The van der Waals surface area contributed by atoms with Gasteiger partial charge in [0.1, 0.15) is 5.82 Å². The van der Waals surface area contributed by atoms with Crippen LogP contribution in [0.5, 0.6) is 0 Å². The van der Waals surface area contributed by atoms with Gasteiger partial charge >= 0.3 is 0 Å². The molecular weight excluding hydrogens is 393 g/mol. The molecule has 1 aliphatic heterocycles. The number of carbonyl (C=O) groups is 1. The van der Waals surface area contributed by atoms with Crippen LogP contribution < -0.4 is 10.2 Å². The van der Waals surface area contributed by atoms with Gasteiger partial charge < -0.3 is 10.2 Å². The van der Waals surface area contributed by atoms with E-state index in [0.29, 0.717) is 36.9 Å². The summed E-state index contributed by atoms with van der Waals surface area (Å²) in [4.78, 5) is 13.3. The first-order valence-corrected chi connectivity index (χ1v) is 10.3. The Bertz CT molecular complexity index is 896. The zero-order valence-electron chi connectivity index (χ0n) is 14.5. The first kappa shape index (κ1) is 19.8. The molecule has 1 fully saturated rings. The van der Waals surface area contributed by atoms with E-state index in [4.69, 9.17) is 11.6 Å². The van der Waals surface area contributed by atoms with E-state index in [1.165, 1.54) is 40.7 Å². The number of anilines is 1. The van der Waals surface area contributed by atoms with Gasteiger partial charge in [0.05, 0.1) is 31.1 Å². The molecule has 2 N–H and O–H groups in total. The van der Waals surface area contributed by atoms with Crippen LogP contribution >= 0.6 is 11.6 Å². The summed E-state index contributed by atoms with van der Waals surface area (Å²) in [7, 11) is -3.56. The number of quaternary nitrogens is 1. The molecule has 2 aromatic rings. The van der Waals surface area contributed by atoms with Gasteiger partial charge in [-0.2, -0.15) is 4.31 Å². The van der Waals surface area contributed by atoms with Crippen LogP contribution in [0, 0.1) is 5.82 Å². The highest BCUT2D eigenvalue weighted by atomic mass is 35.5. The van der Waals surface area contributed by atoms with Gasteiger partial charge in [0, 0.05) is 10.7 Å². The number of benzene rings is 2. The fraction of sp³-hybridized carbons (Fsp3) is 0.278. The molecule has 1 heterocycles. The van der Waals surface area contributed by atoms with Crippen molar-refractivity contribution in [3.05, 3.63) is 59.4 Å². The van der Waals surface area contributed by atoms with E-state index in [-0.39, 0.29) is 23.2 Å². The number of carbonyl (C=O) groups excluding carboxylic acids is 1. The van der Waals surface area contributed by atoms with Crippen LogP contribution in [0.2, 0.25) is 5.02 Å². The molecule has 0 spiro atoms. The van der Waals surface area contributed by atoms with Crippen LogP contribution in [0.4, 0.5) is 10.1 Å². The van der Waals surface area contributed by atoms with Crippen molar-refractivity contribution in [3.63, 3.8) is 0 Å². The second kappa shape index (κ2) is 8.35. The quantitative estimate of drug-likeness (QED) is 0.770. The van der Waals surface area contributed by atoms with Crippen molar-refractivity contribution in [1.29, 1.82) is 0 Å². The highest BCUT2D eigenvalue weighted by Gasteiger charge is 2.31. The van der Waals surface area contributed by atoms with E-state index in [0.717, 1.165) is 4.90 Å². The van der Waals surface area contributed by atoms with Gasteiger partial charge in [0.15, 0.2) is 6.54 Å². The van der Waals surface area contributed by atoms with Gasteiger partial charge in [-0.1, -0.05) is 11.6 Å². The molecule has 0 saturated carbocycles. The van der Waals surface area contributed by atoms with E-state index < -0.39 is 10.0 Å². The summed E-state index contributed by atoms with van der Waals surface area (Å²) >= 11 is 5.81. The van der Waals surface area contributed by atoms with Crippen LogP contribution in [0.15, 0.2) is 53.4 Å². The van der Waals surface area contributed by atoms with Gasteiger partial charge in [-0.05, 0) is 48.5 Å². The predicted molar refractivity (Wildman–Crippen MR) is 101 cm³/mol. The molecule has 0 atom stereocenters. The first-order valence-electron chi connectivity index (χ1n) is 8.49. The van der Waals surface area contributed by atoms with E-state index in [1.54, 1.807) is 12.1 Å². The van der Waals surface area contributed by atoms with Crippen molar-refractivity contribution in [2.75, 3.05) is 38.0 Å². The number of hydrogen-bond acceptors (Lipinski definition) is 3. The summed E-state index contributed by atoms with van der Waals surface area (Å²) in [5.41, 5.74) is 0.532. The SMILES string of the molecule is O=C(C[NH+]1CCN(S(=O)(=O)c2ccc(Cl)cc2)CC1)Nc1ccc(F)cc1. The van der Waals surface area contributed by atoms with Crippen molar-refractivity contribution < 1.29 is 22.5 Å². The minimum absolute atomic E-state index is 0.189. The Hall–Kier alpha value is -2.00. The molecule has 0 aliphatic carbocycles. The van der Waals surface area contributed by atoms with Crippen LogP contribution in [0.25, 0.3) is 0 Å². The lowest BCUT2D eigenvalue weighted by Crippen LogP contribution is -3.15. The van der Waals surface area contributed by atoms with Crippen molar-refractivity contribution in [3.8, 4) is 0 Å². The third kappa shape index (κ3) is 5.04. The molecule has 1 saturated heterocycles. The Kier molecular flexibility index (Phi) is 6.11. The Balaban J connectivity index is 1.53. The van der Waals surface area contributed by atoms with Crippen molar-refractivity contribution >= 4 is 33.2 Å². The molecule has 1 aliphatic rings. The second-order valence-electron chi connectivity index (χ2n) is 6.34. The standard InChI is InChI=1S/C18H19ClFN3O3S/c19-14-1-7-17(8-2-14)27(25,26)23-11-9-22(10-12-23)13-18(24)21-16-5-3-15(20)4-6-16/h1-8H,9-13H2,(H,21,24)/p+1. The zero-order chi connectivity index (χ0) is 19.4. The summed E-state index contributed by atoms with van der Waals surface area (Å²) in [6, 6.07) is 11.6. The molecule has 0 radical (unpaired) electrons. The highest BCUT2D eigenvalue weighted by molar-refractivity contribution is 7.89. The fourth-order valence-electron chi connectivity index (χ4n) is 2.94. The van der Waals surface area contributed by atoms with Crippen LogP contribution in [0.1, 0.15) is 0 Å². The predicted octanol–water partition coefficient (Wildman–Crippen LogP) is 1.01. The average Bonchev–Trinajstić information content (AvgIpc) is 2.64. The normalized spacial score (nSPS) is 16.2. The van der Waals surface area contributed by atoms with Crippen LogP contribution in [-0.4, -0.2) is 51.4 Å². The average molecular weight is 413 g/mol. The molecule has 2 aromatic carbocycles. The maximum atomic E-state index is 12.9. The first-order chi connectivity index (χ1) is 12.8. The van der Waals surface area contributed by atoms with Crippen molar-refractivity contribution in [2.24, 2.45) is 0 Å². The van der Waals surface area contributed by atoms with E-state index in [2.05, 4.69) is 5.32 Å². The Morgan fingerprint density at radius 2 is 1.67 bits per heavy atom. The Labute approximate surface area is 162 Å². The molecule has 6 nitrogen and oxygen atoms in total. The lowest BCUT2D eigenvalue weighted by atomic mass is 10.3. The maximum absolute atomic E-state index is 12.9. The number of amides is 1. The van der Waals surface area contributed by atoms with Gasteiger partial charge in [-0.25, -0.2) is 12.8 Å². The largest absolute Gasteiger partial charge is 0.325 e. The van der Waals surface area contributed by atoms with E-state index in [1.807, 2.05) is 0 Å². The summed E-state index contributed by atoms with van der Waals surface area (Å²) in [5.74, 6) is -0.553. The molecule has 3 rings (SSSR count). The summed E-state index contributed by atoms with van der Waals surface area (Å²) < 4.78 is 39.6. The number of rotatable bonds is 5. The summed E-state index contributed by atoms with van der Waals surface area (Å²) in [6.07, 6.45) is 0. The number of nitrogens with zero attached hydrogens (tertiary/aromatic N) is 1. The third-order valence-electron chi connectivity index (χ3n) is 4.42. The third-order valence-corrected chi connectivity index (χ3v) is 6.58. The van der Waals surface area contributed by atoms with Crippen LogP contribution in [-0.2, 0) is 14.8 Å². The van der Waals surface area contributed by atoms with Crippen molar-refractivity contribution in [2.45, 2.75) is 4.90 Å². The zero-order valence-corrected chi connectivity index (χ0v) is 16.1. The van der Waals surface area contributed by atoms with E-state index in [9.17, 15) is 17.6 Å². The topological polar surface area (TPSA) is 70.9 Å². The number of halogens is 2. The monoisotopic (exact) mass is 412 g/mol. The van der Waals surface area contributed by atoms with E-state index >= 15 is 0 Å². The molecule has 27 heavy (non-hydrogen) atoms. The molecule has 0 aromatic heterocycles. The second-order valence-corrected chi connectivity index (χ2v) is 8.71. The number of piperazine rings is 1. The molecular formula is C18H20ClFN3O3S+. The lowest BCUT2D eigenvalue weighted by Gasteiger charge is -2.31. The molecule has 1 amide bonds. The summed E-state index contributed by atoms with van der Waals surface area (Å²) in [5, 5.41) is 3.20. The van der Waals surface area contributed by atoms with Gasteiger partial charge in [-0.3, -0.25) is 4.79 Å². The van der Waals surface area contributed by atoms with Crippen LogP contribution in [0.3, 0.4) is 0 Å². The molecule has 144 valence electrons. The smallest absolute Gasteiger partial charge is 0.279 e. The Morgan fingerprint density at radius 1 is 1.07 bits per heavy atom. The minimum atomic E-state index is -3.56. The number of sulfonamides is 1. The maximum Gasteiger partial charge on any atom is 0.279 e. The Morgan fingerprint density at radius 3 is 2.26 bits per heavy atom. The summed E-state index contributed by atoms with van der Waals surface area (Å²) in [6.45, 7) is 1.97. The van der Waals surface area contributed by atoms with Crippen molar-refractivity contribution in [1.82, 2.24) is 4.31 Å². The molecule has 0 unspecified atom stereocenters. The van der Waals surface area contributed by atoms with Gasteiger partial charge in [-0.15, -0.1) is 0 Å². The molecule has 0 bridgehead atoms. The fourth-order valence-corrected chi connectivity index (χ4v) is 4.51. The minimum Gasteiger partial charge on any atom is -0.325 e. The van der Waals surface area contributed by atoms with Gasteiger partial charge in [0.2, 0.25) is 10.0 Å².